The summed E-state index contributed by atoms with van der Waals surface area (Å²) in [6, 6.07) is 8.94. The minimum absolute atomic E-state index is 0. The van der Waals surface area contributed by atoms with Crippen molar-refractivity contribution in [1.82, 2.24) is 4.90 Å². The summed E-state index contributed by atoms with van der Waals surface area (Å²) in [7, 11) is -3.69. The molecule has 10 heteroatoms. The molecule has 2 aromatic heterocycles. The molecule has 1 fully saturated rings. The molecular weight excluding hydrogens is 453 g/mol. The van der Waals surface area contributed by atoms with Crippen LogP contribution in [0.25, 0.3) is 11.0 Å². The van der Waals surface area contributed by atoms with Gasteiger partial charge in [-0.05, 0) is 56.3 Å². The van der Waals surface area contributed by atoms with Crippen LogP contribution in [0, 0.1) is 0 Å². The second kappa shape index (κ2) is 9.14. The number of furan rings is 1. The molecule has 0 saturated carbocycles. The van der Waals surface area contributed by atoms with Crippen LogP contribution >= 0.6 is 35.3 Å². The van der Waals surface area contributed by atoms with Gasteiger partial charge in [0.2, 0.25) is 0 Å². The summed E-state index contributed by atoms with van der Waals surface area (Å²) in [5, 5.41) is 4.30. The van der Waals surface area contributed by atoms with Gasteiger partial charge in [0.05, 0.1) is 22.0 Å². The first-order chi connectivity index (χ1) is 13.5. The summed E-state index contributed by atoms with van der Waals surface area (Å²) < 4.78 is 34.2. The van der Waals surface area contributed by atoms with E-state index >= 15 is 0 Å². The quantitative estimate of drug-likeness (QED) is 0.486. The number of rotatable bonds is 7. The summed E-state index contributed by atoms with van der Waals surface area (Å²) >= 11 is 6.91. The Balaban J connectivity index is 0.00000240. The smallest absolute Gasteiger partial charge is 0.271 e. The van der Waals surface area contributed by atoms with E-state index < -0.39 is 10.0 Å². The van der Waals surface area contributed by atoms with Crippen molar-refractivity contribution in [2.24, 2.45) is 0 Å². The normalized spacial score (nSPS) is 17.4. The number of anilines is 2. The molecule has 2 N–H and O–H groups in total. The number of fused-ring (bicyclic) bond motifs is 1. The van der Waals surface area contributed by atoms with Crippen LogP contribution in [-0.2, 0) is 10.0 Å². The molecule has 1 aromatic carbocycles. The fourth-order valence-corrected chi connectivity index (χ4v) is 6.21. The number of benzene rings is 1. The van der Waals surface area contributed by atoms with Crippen molar-refractivity contribution in [2.45, 2.75) is 30.0 Å². The third kappa shape index (κ3) is 4.83. The second-order valence-corrected chi connectivity index (χ2v) is 10.5. The summed E-state index contributed by atoms with van der Waals surface area (Å²) in [5.41, 5.74) is 2.00. The zero-order chi connectivity index (χ0) is 19.7. The Kier molecular flexibility index (Phi) is 7.01. The minimum Gasteiger partial charge on any atom is -0.462 e. The molecule has 0 spiro atoms. The maximum absolute atomic E-state index is 12.6. The van der Waals surface area contributed by atoms with Crippen LogP contribution in [-0.4, -0.2) is 39.0 Å². The number of likely N-dealkylation sites (tertiary alicyclic amines) is 1. The third-order valence-corrected chi connectivity index (χ3v) is 8.15. The van der Waals surface area contributed by atoms with Crippen LogP contribution in [0.3, 0.4) is 0 Å². The van der Waals surface area contributed by atoms with Crippen LogP contribution in [0.1, 0.15) is 19.8 Å². The van der Waals surface area contributed by atoms with E-state index in [1.54, 1.807) is 24.5 Å². The maximum atomic E-state index is 12.6. The molecule has 0 aliphatic carbocycles. The Morgan fingerprint density at radius 1 is 1.31 bits per heavy atom. The molecule has 0 radical (unpaired) electrons. The Morgan fingerprint density at radius 2 is 2.14 bits per heavy atom. The van der Waals surface area contributed by atoms with Crippen molar-refractivity contribution in [3.8, 4) is 0 Å². The van der Waals surface area contributed by atoms with E-state index in [1.807, 2.05) is 6.07 Å². The lowest BCUT2D eigenvalue weighted by Gasteiger charge is -2.23. The highest BCUT2D eigenvalue weighted by atomic mass is 35.5. The number of hydrogen-bond acceptors (Lipinski definition) is 6. The van der Waals surface area contributed by atoms with Crippen molar-refractivity contribution in [3.05, 3.63) is 40.9 Å². The first kappa shape index (κ1) is 22.2. The molecule has 1 aliphatic heterocycles. The number of nitrogens with zero attached hydrogens (tertiary/aromatic N) is 1. The van der Waals surface area contributed by atoms with E-state index in [0.717, 1.165) is 54.0 Å². The van der Waals surface area contributed by atoms with Gasteiger partial charge in [0.15, 0.2) is 5.58 Å². The van der Waals surface area contributed by atoms with Crippen molar-refractivity contribution < 1.29 is 12.8 Å². The fourth-order valence-electron chi connectivity index (χ4n) is 3.69. The van der Waals surface area contributed by atoms with E-state index in [-0.39, 0.29) is 16.6 Å². The highest BCUT2D eigenvalue weighted by Gasteiger charge is 2.23. The van der Waals surface area contributed by atoms with Gasteiger partial charge in [-0.15, -0.1) is 23.7 Å². The topological polar surface area (TPSA) is 74.6 Å². The second-order valence-electron chi connectivity index (χ2n) is 6.83. The molecule has 1 atom stereocenters. The van der Waals surface area contributed by atoms with Crippen LogP contribution < -0.4 is 10.0 Å². The molecule has 4 rings (SSSR count). The molecule has 6 nitrogen and oxygen atoms in total. The van der Waals surface area contributed by atoms with Crippen molar-refractivity contribution in [2.75, 3.05) is 29.7 Å². The van der Waals surface area contributed by atoms with Crippen LogP contribution in [0.15, 0.2) is 45.2 Å². The Bertz CT molecular complexity index is 1080. The van der Waals surface area contributed by atoms with E-state index in [9.17, 15) is 8.42 Å². The standard InChI is InChI=1S/C19H22ClN3O3S2.ClH/c1-2-23-8-3-4-15(23)12-21-16-11-14(10-13-7-9-26-19(13)16)22-28(24,25)18-6-5-17(20)27-18;/h5-7,9-11,15,21-22H,2-4,8,12H2,1H3;1H/t15-;/m1./s1. The van der Waals surface area contributed by atoms with Gasteiger partial charge in [0.25, 0.3) is 10.0 Å². The van der Waals surface area contributed by atoms with Crippen LogP contribution in [0.2, 0.25) is 4.34 Å². The fraction of sp³-hybridized carbons (Fsp3) is 0.368. The van der Waals surface area contributed by atoms with Crippen molar-refractivity contribution in [3.63, 3.8) is 0 Å². The zero-order valence-corrected chi connectivity index (χ0v) is 19.1. The molecule has 1 aliphatic rings. The lowest BCUT2D eigenvalue weighted by Crippen LogP contribution is -2.34. The van der Waals surface area contributed by atoms with Gasteiger partial charge in [-0.25, -0.2) is 8.42 Å². The summed E-state index contributed by atoms with van der Waals surface area (Å²) in [6.07, 6.45) is 3.98. The summed E-state index contributed by atoms with van der Waals surface area (Å²) in [4.78, 5) is 2.46. The average molecular weight is 476 g/mol. The monoisotopic (exact) mass is 475 g/mol. The Morgan fingerprint density at radius 3 is 2.86 bits per heavy atom. The molecule has 0 bridgehead atoms. The first-order valence-corrected chi connectivity index (χ1v) is 11.9. The largest absolute Gasteiger partial charge is 0.462 e. The highest BCUT2D eigenvalue weighted by molar-refractivity contribution is 7.94. The van der Waals surface area contributed by atoms with Gasteiger partial charge in [-0.3, -0.25) is 9.62 Å². The Hall–Kier alpha value is -1.45. The number of nitrogens with one attached hydrogen (secondary N) is 2. The van der Waals surface area contributed by atoms with Crippen LogP contribution in [0.4, 0.5) is 11.4 Å². The minimum atomic E-state index is -3.69. The molecule has 29 heavy (non-hydrogen) atoms. The summed E-state index contributed by atoms with van der Waals surface area (Å²) in [6.45, 7) is 5.13. The lowest BCUT2D eigenvalue weighted by molar-refractivity contribution is 0.277. The van der Waals surface area contributed by atoms with E-state index in [0.29, 0.717) is 16.1 Å². The molecule has 0 unspecified atom stereocenters. The molecule has 3 heterocycles. The van der Waals surface area contributed by atoms with Gasteiger partial charge in [-0.1, -0.05) is 18.5 Å². The van der Waals surface area contributed by atoms with Crippen molar-refractivity contribution in [1.29, 1.82) is 0 Å². The number of sulfonamides is 1. The number of likely N-dealkylation sites (N-methyl/N-ethyl adjacent to an activating group) is 1. The molecule has 1 saturated heterocycles. The predicted octanol–water partition coefficient (Wildman–Crippen LogP) is 5.27. The third-order valence-electron chi connectivity index (χ3n) is 5.05. The number of halogens is 2. The van der Waals surface area contributed by atoms with Gasteiger partial charge in [0, 0.05) is 18.0 Å². The van der Waals surface area contributed by atoms with E-state index in [4.69, 9.17) is 16.0 Å². The molecule has 0 amide bonds. The number of thiophene rings is 1. The van der Waals surface area contributed by atoms with Crippen molar-refractivity contribution >= 4 is 67.7 Å². The number of hydrogen-bond donors (Lipinski definition) is 2. The first-order valence-electron chi connectivity index (χ1n) is 9.23. The SMILES string of the molecule is CCN1CCC[C@@H]1CNc1cc(NS(=O)(=O)c2ccc(Cl)s2)cc2ccoc12.Cl. The molecule has 158 valence electrons. The van der Waals surface area contributed by atoms with Gasteiger partial charge in [0.1, 0.15) is 4.21 Å². The summed E-state index contributed by atoms with van der Waals surface area (Å²) in [5.74, 6) is 0. The van der Waals surface area contributed by atoms with Gasteiger partial charge < -0.3 is 9.73 Å². The Labute approximate surface area is 185 Å². The van der Waals surface area contributed by atoms with E-state index in [2.05, 4.69) is 21.9 Å². The molecular formula is C19H23Cl2N3O3S2. The van der Waals surface area contributed by atoms with Crippen LogP contribution in [0.5, 0.6) is 0 Å². The van der Waals surface area contributed by atoms with E-state index in [1.165, 1.54) is 12.5 Å². The highest BCUT2D eigenvalue weighted by Crippen LogP contribution is 2.32. The zero-order valence-electron chi connectivity index (χ0n) is 15.9. The maximum Gasteiger partial charge on any atom is 0.271 e. The predicted molar refractivity (Wildman–Crippen MR) is 122 cm³/mol. The van der Waals surface area contributed by atoms with Gasteiger partial charge >= 0.3 is 0 Å². The lowest BCUT2D eigenvalue weighted by atomic mass is 10.2. The molecule has 3 aromatic rings. The average Bonchev–Trinajstić information content (AvgIpc) is 3.39. The van der Waals surface area contributed by atoms with Gasteiger partial charge in [-0.2, -0.15) is 0 Å².